The molecule has 0 aliphatic carbocycles. The van der Waals surface area contributed by atoms with E-state index in [0.29, 0.717) is 6.54 Å². The van der Waals surface area contributed by atoms with Gasteiger partial charge < -0.3 is 15.4 Å². The van der Waals surface area contributed by atoms with Gasteiger partial charge >= 0.3 is 6.09 Å². The molecule has 0 radical (unpaired) electrons. The number of aromatic nitrogens is 2. The Bertz CT molecular complexity index is 426. The average molecular weight is 310 g/mol. The van der Waals surface area contributed by atoms with Gasteiger partial charge in [0.05, 0.1) is 5.69 Å². The molecule has 0 aliphatic rings. The fraction of sp³-hybridized carbons (Fsp3) is 0.750. The van der Waals surface area contributed by atoms with Gasteiger partial charge in [0, 0.05) is 24.8 Å². The first-order valence-electron chi connectivity index (χ1n) is 8.04. The number of nitrogens with zero attached hydrogens (tertiary/aromatic N) is 1. The van der Waals surface area contributed by atoms with E-state index < -0.39 is 5.60 Å². The first-order valence-corrected chi connectivity index (χ1v) is 8.04. The minimum atomic E-state index is -0.473. The van der Waals surface area contributed by atoms with Crippen LogP contribution < -0.4 is 10.6 Å². The van der Waals surface area contributed by atoms with Crippen LogP contribution in [0.15, 0.2) is 12.3 Å². The van der Waals surface area contributed by atoms with E-state index in [1.54, 1.807) is 6.20 Å². The van der Waals surface area contributed by atoms with Gasteiger partial charge in [-0.1, -0.05) is 19.8 Å². The number of ether oxygens (including phenoxy) is 1. The van der Waals surface area contributed by atoms with Gasteiger partial charge in [0.2, 0.25) is 0 Å². The molecule has 3 N–H and O–H groups in total. The van der Waals surface area contributed by atoms with Gasteiger partial charge in [-0.3, -0.25) is 5.10 Å². The van der Waals surface area contributed by atoms with E-state index in [9.17, 15) is 4.79 Å². The van der Waals surface area contributed by atoms with Gasteiger partial charge in [-0.2, -0.15) is 5.10 Å². The fourth-order valence-electron chi connectivity index (χ4n) is 2.17. The van der Waals surface area contributed by atoms with Crippen molar-refractivity contribution in [2.75, 3.05) is 6.54 Å². The molecule has 1 aromatic rings. The lowest BCUT2D eigenvalue weighted by Gasteiger charge is -2.24. The van der Waals surface area contributed by atoms with E-state index in [1.807, 2.05) is 26.8 Å². The van der Waals surface area contributed by atoms with Crippen molar-refractivity contribution >= 4 is 6.09 Å². The summed E-state index contributed by atoms with van der Waals surface area (Å²) in [6.07, 6.45) is 4.62. The predicted octanol–water partition coefficient (Wildman–Crippen LogP) is 3.14. The lowest BCUT2D eigenvalue weighted by Crippen LogP contribution is -2.43. The van der Waals surface area contributed by atoms with Gasteiger partial charge in [-0.05, 0) is 40.2 Å². The lowest BCUT2D eigenvalue weighted by molar-refractivity contribution is 0.0521. The summed E-state index contributed by atoms with van der Waals surface area (Å²) in [5, 5.41) is 13.3. The van der Waals surface area contributed by atoms with Gasteiger partial charge in [-0.15, -0.1) is 0 Å². The summed E-state index contributed by atoms with van der Waals surface area (Å²) >= 11 is 0. The number of carbonyl (C=O) groups is 1. The molecule has 1 aromatic heterocycles. The number of H-pyrrole nitrogens is 1. The van der Waals surface area contributed by atoms with Crippen molar-refractivity contribution in [3.05, 3.63) is 18.0 Å². The van der Waals surface area contributed by atoms with E-state index in [1.165, 1.54) is 0 Å². The molecule has 1 rings (SSSR count). The third-order valence-corrected chi connectivity index (χ3v) is 3.27. The second-order valence-corrected chi connectivity index (χ2v) is 6.62. The van der Waals surface area contributed by atoms with E-state index >= 15 is 0 Å². The second-order valence-electron chi connectivity index (χ2n) is 6.62. The van der Waals surface area contributed by atoms with E-state index in [0.717, 1.165) is 25.0 Å². The van der Waals surface area contributed by atoms with Crippen molar-refractivity contribution in [3.8, 4) is 0 Å². The zero-order valence-electron chi connectivity index (χ0n) is 14.4. The number of unbranched alkanes of at least 4 members (excludes halogenated alkanes) is 1. The molecule has 126 valence electrons. The van der Waals surface area contributed by atoms with Crippen LogP contribution in [0.25, 0.3) is 0 Å². The van der Waals surface area contributed by atoms with E-state index in [4.69, 9.17) is 4.74 Å². The van der Waals surface area contributed by atoms with Crippen LogP contribution in [0, 0.1) is 0 Å². The Morgan fingerprint density at radius 3 is 2.73 bits per heavy atom. The maximum atomic E-state index is 11.8. The Labute approximate surface area is 133 Å². The highest BCUT2D eigenvalue weighted by Gasteiger charge is 2.18. The number of carbonyl (C=O) groups excluding carboxylic acids is 1. The summed E-state index contributed by atoms with van der Waals surface area (Å²) in [5.74, 6) is 0. The number of nitrogens with one attached hydrogen (secondary N) is 3. The first-order chi connectivity index (χ1) is 10.3. The maximum Gasteiger partial charge on any atom is 0.407 e. The zero-order valence-corrected chi connectivity index (χ0v) is 14.4. The van der Waals surface area contributed by atoms with Crippen LogP contribution >= 0.6 is 0 Å². The largest absolute Gasteiger partial charge is 0.444 e. The maximum absolute atomic E-state index is 11.8. The number of hydrogen-bond acceptors (Lipinski definition) is 4. The van der Waals surface area contributed by atoms with Crippen LogP contribution in [-0.2, 0) is 4.74 Å². The fourth-order valence-corrected chi connectivity index (χ4v) is 2.17. The number of alkyl carbamates (subject to hydrolysis) is 1. The van der Waals surface area contributed by atoms with Crippen LogP contribution in [-0.4, -0.2) is 34.5 Å². The molecule has 0 saturated heterocycles. The van der Waals surface area contributed by atoms with E-state index in [2.05, 4.69) is 34.7 Å². The molecule has 0 fully saturated rings. The van der Waals surface area contributed by atoms with Crippen LogP contribution in [0.1, 0.15) is 65.6 Å². The van der Waals surface area contributed by atoms with Gasteiger partial charge in [0.15, 0.2) is 0 Å². The van der Waals surface area contributed by atoms with Crippen molar-refractivity contribution in [3.63, 3.8) is 0 Å². The van der Waals surface area contributed by atoms with E-state index in [-0.39, 0.29) is 18.2 Å². The topological polar surface area (TPSA) is 79.0 Å². The number of amides is 1. The van der Waals surface area contributed by atoms with Gasteiger partial charge in [0.1, 0.15) is 5.60 Å². The highest BCUT2D eigenvalue weighted by Crippen LogP contribution is 2.11. The molecule has 2 atom stereocenters. The lowest BCUT2D eigenvalue weighted by atomic mass is 10.1. The normalized spacial score (nSPS) is 14.4. The van der Waals surface area contributed by atoms with Crippen LogP contribution in [0.2, 0.25) is 0 Å². The highest BCUT2D eigenvalue weighted by molar-refractivity contribution is 5.67. The molecule has 0 saturated carbocycles. The molecular formula is C16H30N4O2. The molecule has 1 heterocycles. The van der Waals surface area contributed by atoms with Gasteiger partial charge in [0.25, 0.3) is 0 Å². The smallest absolute Gasteiger partial charge is 0.407 e. The summed E-state index contributed by atoms with van der Waals surface area (Å²) in [6.45, 7) is 10.4. The highest BCUT2D eigenvalue weighted by atomic mass is 16.6. The Balaban J connectivity index is 2.48. The number of hydrogen-bond donors (Lipinski definition) is 3. The van der Waals surface area contributed by atoms with Crippen molar-refractivity contribution in [1.82, 2.24) is 20.8 Å². The molecule has 0 aliphatic heterocycles. The average Bonchev–Trinajstić information content (AvgIpc) is 2.93. The standard InChI is InChI=1S/C16H30N4O2/c1-6-7-8-13(11-17-15(21)22-16(3,4)5)19-12(2)14-9-10-18-20-14/h9-10,12-13,19H,6-8,11H2,1-5H3,(H,17,21)(H,18,20). The predicted molar refractivity (Wildman–Crippen MR) is 87.7 cm³/mol. The first kappa shape index (κ1) is 18.5. The summed E-state index contributed by atoms with van der Waals surface area (Å²) in [6, 6.07) is 2.31. The monoisotopic (exact) mass is 310 g/mol. The minimum Gasteiger partial charge on any atom is -0.444 e. The van der Waals surface area contributed by atoms with Gasteiger partial charge in [-0.25, -0.2) is 4.79 Å². The number of aromatic amines is 1. The summed E-state index contributed by atoms with van der Waals surface area (Å²) in [5.41, 5.74) is 0.568. The summed E-state index contributed by atoms with van der Waals surface area (Å²) < 4.78 is 5.28. The van der Waals surface area contributed by atoms with Crippen molar-refractivity contribution in [2.45, 2.75) is 71.6 Å². The summed E-state index contributed by atoms with van der Waals surface area (Å²) in [7, 11) is 0. The molecule has 0 spiro atoms. The van der Waals surface area contributed by atoms with Crippen LogP contribution in [0.4, 0.5) is 4.79 Å². The molecule has 6 heteroatoms. The number of rotatable bonds is 8. The Morgan fingerprint density at radius 1 is 1.45 bits per heavy atom. The SMILES string of the molecule is CCCCC(CNC(=O)OC(C)(C)C)NC(C)c1ccn[nH]1. The Kier molecular flexibility index (Phi) is 7.38. The Morgan fingerprint density at radius 2 is 2.18 bits per heavy atom. The molecule has 6 nitrogen and oxygen atoms in total. The quantitative estimate of drug-likeness (QED) is 0.689. The molecule has 22 heavy (non-hydrogen) atoms. The summed E-state index contributed by atoms with van der Waals surface area (Å²) in [4.78, 5) is 11.8. The van der Waals surface area contributed by atoms with Crippen LogP contribution in [0.3, 0.4) is 0 Å². The zero-order chi connectivity index (χ0) is 16.6. The van der Waals surface area contributed by atoms with Crippen molar-refractivity contribution < 1.29 is 9.53 Å². The third kappa shape index (κ3) is 7.45. The molecule has 2 unspecified atom stereocenters. The minimum absolute atomic E-state index is 0.157. The second kappa shape index (κ2) is 8.78. The molecular weight excluding hydrogens is 280 g/mol. The molecule has 0 aromatic carbocycles. The molecule has 1 amide bonds. The van der Waals surface area contributed by atoms with Crippen molar-refractivity contribution in [2.24, 2.45) is 0 Å². The third-order valence-electron chi connectivity index (χ3n) is 3.27. The Hall–Kier alpha value is -1.56. The van der Waals surface area contributed by atoms with Crippen molar-refractivity contribution in [1.29, 1.82) is 0 Å². The molecule has 0 bridgehead atoms. The van der Waals surface area contributed by atoms with Crippen LogP contribution in [0.5, 0.6) is 0 Å².